The molecule has 0 atom stereocenters. The predicted molar refractivity (Wildman–Crippen MR) is 82.1 cm³/mol. The third-order valence-electron chi connectivity index (χ3n) is 2.57. The van der Waals surface area contributed by atoms with Crippen LogP contribution in [0.4, 0.5) is 0 Å². The fourth-order valence-electron chi connectivity index (χ4n) is 1.65. The summed E-state index contributed by atoms with van der Waals surface area (Å²) in [6, 6.07) is 7.43. The van der Waals surface area contributed by atoms with Gasteiger partial charge in [-0.25, -0.2) is 0 Å². The molecule has 0 saturated carbocycles. The van der Waals surface area contributed by atoms with E-state index in [-0.39, 0.29) is 5.91 Å². The zero-order chi connectivity index (χ0) is 13.2. The van der Waals surface area contributed by atoms with E-state index >= 15 is 0 Å². The Morgan fingerprint density at radius 1 is 1.47 bits per heavy atom. The summed E-state index contributed by atoms with van der Waals surface area (Å²) in [5, 5.41) is 9.87. The third kappa shape index (κ3) is 2.61. The summed E-state index contributed by atoms with van der Waals surface area (Å²) in [7, 11) is 0. The van der Waals surface area contributed by atoms with Crippen LogP contribution in [0.15, 0.2) is 30.5 Å². The number of hydrogen-bond donors (Lipinski definition) is 2. The Kier molecular flexibility index (Phi) is 3.47. The fraction of sp³-hybridized carbons (Fsp3) is 0.0833. The Labute approximate surface area is 126 Å². The highest BCUT2D eigenvalue weighted by Crippen LogP contribution is 2.27. The average molecular weight is 384 g/mol. The van der Waals surface area contributed by atoms with E-state index in [1.165, 1.54) is 11.3 Å². The van der Waals surface area contributed by atoms with Crippen molar-refractivity contribution in [2.45, 2.75) is 6.54 Å². The minimum absolute atomic E-state index is 0.0931. The zero-order valence-corrected chi connectivity index (χ0v) is 12.7. The number of amides is 1. The van der Waals surface area contributed by atoms with Crippen LogP contribution in [0, 0.1) is 3.70 Å². The fourth-order valence-corrected chi connectivity index (χ4v) is 3.28. The molecule has 0 spiro atoms. The second-order valence-corrected chi connectivity index (χ2v) is 6.00. The molecule has 3 aromatic rings. The highest BCUT2D eigenvalue weighted by atomic mass is 127. The predicted octanol–water partition coefficient (Wildman–Crippen LogP) is 2.55. The van der Waals surface area contributed by atoms with E-state index in [0.29, 0.717) is 11.4 Å². The highest BCUT2D eigenvalue weighted by molar-refractivity contribution is 14.1. The molecule has 19 heavy (non-hydrogen) atoms. The number of aromatic amines is 1. The topological polar surface area (TPSA) is 70.7 Å². The molecule has 96 valence electrons. The number of H-pyrrole nitrogens is 1. The van der Waals surface area contributed by atoms with Crippen molar-refractivity contribution >= 4 is 50.1 Å². The first-order valence-electron chi connectivity index (χ1n) is 5.55. The van der Waals surface area contributed by atoms with Crippen LogP contribution in [-0.2, 0) is 6.54 Å². The first-order chi connectivity index (χ1) is 9.24. The molecular weight excluding hydrogens is 375 g/mol. The number of nitrogens with zero attached hydrogens (tertiary/aromatic N) is 2. The first-order valence-corrected chi connectivity index (χ1v) is 7.45. The SMILES string of the molecule is O=C(NCc1ccccn1)c1cc2n[nH]c(I)c2s1. The monoisotopic (exact) mass is 384 g/mol. The summed E-state index contributed by atoms with van der Waals surface area (Å²) in [5.74, 6) is -0.0931. The minimum Gasteiger partial charge on any atom is -0.346 e. The van der Waals surface area contributed by atoms with Crippen LogP contribution in [0.3, 0.4) is 0 Å². The van der Waals surface area contributed by atoms with Gasteiger partial charge in [0.15, 0.2) is 0 Å². The van der Waals surface area contributed by atoms with Gasteiger partial charge in [-0.2, -0.15) is 5.10 Å². The van der Waals surface area contributed by atoms with Crippen molar-refractivity contribution in [3.05, 3.63) is 44.7 Å². The molecule has 0 unspecified atom stereocenters. The van der Waals surface area contributed by atoms with Crippen LogP contribution in [0.1, 0.15) is 15.4 Å². The second kappa shape index (κ2) is 5.25. The van der Waals surface area contributed by atoms with Crippen LogP contribution in [0.2, 0.25) is 0 Å². The van der Waals surface area contributed by atoms with Gasteiger partial charge >= 0.3 is 0 Å². The van der Waals surface area contributed by atoms with E-state index in [1.54, 1.807) is 12.3 Å². The summed E-state index contributed by atoms with van der Waals surface area (Å²) in [4.78, 5) is 16.9. The Bertz CT molecular complexity index is 722. The van der Waals surface area contributed by atoms with Crippen molar-refractivity contribution in [1.29, 1.82) is 0 Å². The number of pyridine rings is 1. The molecule has 0 aliphatic heterocycles. The number of carbonyl (C=O) groups excluding carboxylic acids is 1. The molecule has 0 fully saturated rings. The van der Waals surface area contributed by atoms with Gasteiger partial charge in [0.1, 0.15) is 9.22 Å². The lowest BCUT2D eigenvalue weighted by Crippen LogP contribution is -2.22. The maximum absolute atomic E-state index is 12.0. The standard InChI is InChI=1S/C12H9IN4OS/c13-11-10-8(16-17-11)5-9(19-10)12(18)15-6-7-3-1-2-4-14-7/h1-5H,6H2,(H,15,18)(H,16,17). The minimum atomic E-state index is -0.0931. The highest BCUT2D eigenvalue weighted by Gasteiger charge is 2.13. The number of rotatable bonds is 3. The first kappa shape index (κ1) is 12.5. The summed E-state index contributed by atoms with van der Waals surface area (Å²) >= 11 is 3.61. The smallest absolute Gasteiger partial charge is 0.261 e. The molecule has 1 amide bonds. The van der Waals surface area contributed by atoms with Crippen molar-refractivity contribution in [3.8, 4) is 0 Å². The Hall–Kier alpha value is -1.48. The van der Waals surface area contributed by atoms with E-state index in [9.17, 15) is 4.79 Å². The average Bonchev–Trinajstić information content (AvgIpc) is 3.00. The van der Waals surface area contributed by atoms with Gasteiger partial charge in [0, 0.05) is 6.20 Å². The molecule has 0 saturated heterocycles. The molecule has 0 aromatic carbocycles. The van der Waals surface area contributed by atoms with E-state index in [4.69, 9.17) is 0 Å². The summed E-state index contributed by atoms with van der Waals surface area (Å²) in [6.07, 6.45) is 1.71. The van der Waals surface area contributed by atoms with Crippen molar-refractivity contribution in [2.75, 3.05) is 0 Å². The maximum Gasteiger partial charge on any atom is 0.261 e. The Morgan fingerprint density at radius 3 is 3.11 bits per heavy atom. The lowest BCUT2D eigenvalue weighted by Gasteiger charge is -2.02. The molecule has 5 nitrogen and oxygen atoms in total. The molecular formula is C12H9IN4OS. The van der Waals surface area contributed by atoms with E-state index in [1.807, 2.05) is 18.2 Å². The molecule has 3 heterocycles. The number of fused-ring (bicyclic) bond motifs is 1. The van der Waals surface area contributed by atoms with Crippen LogP contribution >= 0.6 is 33.9 Å². The van der Waals surface area contributed by atoms with E-state index < -0.39 is 0 Å². The molecule has 0 aliphatic rings. The Morgan fingerprint density at radius 2 is 2.37 bits per heavy atom. The van der Waals surface area contributed by atoms with Crippen molar-refractivity contribution in [1.82, 2.24) is 20.5 Å². The maximum atomic E-state index is 12.0. The van der Waals surface area contributed by atoms with Crippen LogP contribution in [0.25, 0.3) is 10.2 Å². The van der Waals surface area contributed by atoms with Gasteiger partial charge in [0.05, 0.1) is 21.8 Å². The number of aromatic nitrogens is 3. The van der Waals surface area contributed by atoms with Crippen LogP contribution in [0.5, 0.6) is 0 Å². The molecule has 3 aromatic heterocycles. The van der Waals surface area contributed by atoms with Gasteiger partial charge in [-0.05, 0) is 40.8 Å². The number of carbonyl (C=O) groups is 1. The molecule has 2 N–H and O–H groups in total. The third-order valence-corrected chi connectivity index (χ3v) is 4.85. The summed E-state index contributed by atoms with van der Waals surface area (Å²) < 4.78 is 1.98. The summed E-state index contributed by atoms with van der Waals surface area (Å²) in [5.41, 5.74) is 1.67. The van der Waals surface area contributed by atoms with Gasteiger partial charge in [0.2, 0.25) is 0 Å². The van der Waals surface area contributed by atoms with Crippen LogP contribution in [-0.4, -0.2) is 21.1 Å². The molecule has 0 bridgehead atoms. The van der Waals surface area contributed by atoms with E-state index in [0.717, 1.165) is 19.6 Å². The quantitative estimate of drug-likeness (QED) is 0.682. The van der Waals surface area contributed by atoms with Crippen LogP contribution < -0.4 is 5.32 Å². The normalized spacial score (nSPS) is 10.8. The van der Waals surface area contributed by atoms with Crippen molar-refractivity contribution < 1.29 is 4.79 Å². The lowest BCUT2D eigenvalue weighted by molar-refractivity contribution is 0.0954. The molecule has 7 heteroatoms. The number of hydrogen-bond acceptors (Lipinski definition) is 4. The number of thiophene rings is 1. The van der Waals surface area contributed by atoms with Gasteiger partial charge < -0.3 is 5.32 Å². The van der Waals surface area contributed by atoms with Gasteiger partial charge in [0.25, 0.3) is 5.91 Å². The second-order valence-electron chi connectivity index (χ2n) is 3.87. The van der Waals surface area contributed by atoms with Gasteiger partial charge in [-0.15, -0.1) is 11.3 Å². The zero-order valence-electron chi connectivity index (χ0n) is 9.68. The van der Waals surface area contributed by atoms with Crippen molar-refractivity contribution in [2.24, 2.45) is 0 Å². The number of nitrogens with one attached hydrogen (secondary N) is 2. The largest absolute Gasteiger partial charge is 0.346 e. The van der Waals surface area contributed by atoms with Crippen molar-refractivity contribution in [3.63, 3.8) is 0 Å². The molecule has 0 radical (unpaired) electrons. The lowest BCUT2D eigenvalue weighted by atomic mass is 10.3. The Balaban J connectivity index is 1.73. The molecule has 0 aliphatic carbocycles. The number of halogens is 1. The van der Waals surface area contributed by atoms with E-state index in [2.05, 4.69) is 43.1 Å². The molecule has 3 rings (SSSR count). The van der Waals surface area contributed by atoms with Gasteiger partial charge in [-0.1, -0.05) is 6.07 Å². The summed E-state index contributed by atoms with van der Waals surface area (Å²) in [6.45, 7) is 0.429. The van der Waals surface area contributed by atoms with Gasteiger partial charge in [-0.3, -0.25) is 14.9 Å².